The summed E-state index contributed by atoms with van der Waals surface area (Å²) in [5.74, 6) is -1.87. The van der Waals surface area contributed by atoms with Gasteiger partial charge < -0.3 is 15.3 Å². The van der Waals surface area contributed by atoms with Crippen LogP contribution in [0.2, 0.25) is 0 Å². The van der Waals surface area contributed by atoms with Crippen molar-refractivity contribution in [2.24, 2.45) is 0 Å². The molecule has 0 bridgehead atoms. The van der Waals surface area contributed by atoms with Gasteiger partial charge in [-0.15, -0.1) is 0 Å². The molecule has 0 aromatic carbocycles. The molecule has 0 aromatic rings. The number of nitrogens with zero attached hydrogens (tertiary/aromatic N) is 1. The Morgan fingerprint density at radius 2 is 2.14 bits per heavy atom. The second-order valence-corrected chi connectivity index (χ2v) is 2.78. The van der Waals surface area contributed by atoms with Crippen molar-refractivity contribution in [1.29, 1.82) is 0 Å². The van der Waals surface area contributed by atoms with Gasteiger partial charge in [0.2, 0.25) is 11.8 Å². The van der Waals surface area contributed by atoms with Crippen LogP contribution in [0, 0.1) is 0 Å². The van der Waals surface area contributed by atoms with E-state index in [-0.39, 0.29) is 12.5 Å². The number of aliphatic carboxylic acids is 1. The molecule has 6 nitrogen and oxygen atoms in total. The van der Waals surface area contributed by atoms with Gasteiger partial charge in [0.05, 0.1) is 6.54 Å². The van der Waals surface area contributed by atoms with Gasteiger partial charge in [-0.2, -0.15) is 0 Å². The number of carboxylic acids is 1. The standard InChI is InChI=1S/C8H10N2O4/c11-6-5-10(4-3-9-6)7(12)1-2-8(13)14/h1-2H,3-5H2,(H,9,11)(H,13,14)/b2-1+. The molecule has 1 aliphatic heterocycles. The summed E-state index contributed by atoms with van der Waals surface area (Å²) in [6.07, 6.45) is 1.70. The highest BCUT2D eigenvalue weighted by Crippen LogP contribution is 1.95. The van der Waals surface area contributed by atoms with Gasteiger partial charge >= 0.3 is 5.97 Å². The zero-order chi connectivity index (χ0) is 10.6. The van der Waals surface area contributed by atoms with Crippen molar-refractivity contribution in [3.05, 3.63) is 12.2 Å². The minimum absolute atomic E-state index is 0.0111. The summed E-state index contributed by atoms with van der Waals surface area (Å²) in [7, 11) is 0. The van der Waals surface area contributed by atoms with E-state index in [0.717, 1.165) is 12.2 Å². The molecule has 2 N–H and O–H groups in total. The first-order valence-corrected chi connectivity index (χ1v) is 4.06. The van der Waals surface area contributed by atoms with E-state index in [2.05, 4.69) is 5.32 Å². The van der Waals surface area contributed by atoms with E-state index in [1.54, 1.807) is 0 Å². The van der Waals surface area contributed by atoms with Gasteiger partial charge in [0.15, 0.2) is 0 Å². The molecule has 76 valence electrons. The van der Waals surface area contributed by atoms with Crippen molar-refractivity contribution in [3.63, 3.8) is 0 Å². The van der Waals surface area contributed by atoms with Gasteiger partial charge in [-0.3, -0.25) is 9.59 Å². The first-order chi connectivity index (χ1) is 6.59. The Bertz CT molecular complexity index is 298. The van der Waals surface area contributed by atoms with Crippen LogP contribution < -0.4 is 5.32 Å². The maximum Gasteiger partial charge on any atom is 0.328 e. The van der Waals surface area contributed by atoms with Crippen LogP contribution in [-0.4, -0.2) is 47.4 Å². The summed E-state index contributed by atoms with van der Waals surface area (Å²) in [4.78, 5) is 33.5. The highest BCUT2D eigenvalue weighted by Gasteiger charge is 2.18. The molecule has 1 aliphatic rings. The van der Waals surface area contributed by atoms with Crippen molar-refractivity contribution in [2.75, 3.05) is 19.6 Å². The van der Waals surface area contributed by atoms with E-state index < -0.39 is 11.9 Å². The van der Waals surface area contributed by atoms with Crippen LogP contribution in [0.25, 0.3) is 0 Å². The third kappa shape index (κ3) is 2.89. The highest BCUT2D eigenvalue weighted by molar-refractivity contribution is 5.96. The third-order valence-corrected chi connectivity index (χ3v) is 1.72. The predicted molar refractivity (Wildman–Crippen MR) is 46.4 cm³/mol. The normalized spacial score (nSPS) is 16.9. The highest BCUT2D eigenvalue weighted by atomic mass is 16.4. The first-order valence-electron chi connectivity index (χ1n) is 4.06. The molecule has 0 aromatic heterocycles. The molecular weight excluding hydrogens is 188 g/mol. The van der Waals surface area contributed by atoms with Crippen LogP contribution >= 0.6 is 0 Å². The molecule has 1 rings (SSSR count). The van der Waals surface area contributed by atoms with Crippen molar-refractivity contribution >= 4 is 17.8 Å². The summed E-state index contributed by atoms with van der Waals surface area (Å²) in [5.41, 5.74) is 0. The van der Waals surface area contributed by atoms with Crippen molar-refractivity contribution in [1.82, 2.24) is 10.2 Å². The lowest BCUT2D eigenvalue weighted by atomic mass is 10.3. The van der Waals surface area contributed by atoms with Crippen LogP contribution in [0.3, 0.4) is 0 Å². The number of hydrogen-bond donors (Lipinski definition) is 2. The van der Waals surface area contributed by atoms with Crippen LogP contribution in [0.4, 0.5) is 0 Å². The Kier molecular flexibility index (Phi) is 3.22. The van der Waals surface area contributed by atoms with Crippen LogP contribution in [-0.2, 0) is 14.4 Å². The molecule has 0 radical (unpaired) electrons. The quantitative estimate of drug-likeness (QED) is 0.533. The fraction of sp³-hybridized carbons (Fsp3) is 0.375. The first kappa shape index (κ1) is 10.2. The number of amides is 2. The van der Waals surface area contributed by atoms with Gasteiger partial charge in [-0.1, -0.05) is 0 Å². The van der Waals surface area contributed by atoms with Crippen LogP contribution in [0.5, 0.6) is 0 Å². The molecule has 0 unspecified atom stereocenters. The van der Waals surface area contributed by atoms with Gasteiger partial charge in [0.1, 0.15) is 0 Å². The Balaban J connectivity index is 2.51. The molecule has 2 amide bonds. The molecule has 0 spiro atoms. The fourth-order valence-corrected chi connectivity index (χ4v) is 1.07. The van der Waals surface area contributed by atoms with E-state index >= 15 is 0 Å². The number of carbonyl (C=O) groups is 3. The Hall–Kier alpha value is -1.85. The predicted octanol–water partition coefficient (Wildman–Crippen LogP) is -1.41. The zero-order valence-electron chi connectivity index (χ0n) is 7.40. The molecule has 0 atom stereocenters. The van der Waals surface area contributed by atoms with Crippen molar-refractivity contribution in [2.45, 2.75) is 0 Å². The minimum atomic E-state index is -1.18. The molecule has 6 heteroatoms. The van der Waals surface area contributed by atoms with E-state index in [1.807, 2.05) is 0 Å². The monoisotopic (exact) mass is 198 g/mol. The van der Waals surface area contributed by atoms with Crippen molar-refractivity contribution < 1.29 is 19.5 Å². The number of piperazine rings is 1. The number of carboxylic acid groups (broad SMARTS) is 1. The minimum Gasteiger partial charge on any atom is -0.478 e. The SMILES string of the molecule is O=C(O)/C=C/C(=O)N1CCNC(=O)C1. The van der Waals surface area contributed by atoms with E-state index in [0.29, 0.717) is 13.1 Å². The average Bonchev–Trinajstić information content (AvgIpc) is 2.14. The van der Waals surface area contributed by atoms with E-state index in [9.17, 15) is 14.4 Å². The maximum absolute atomic E-state index is 11.2. The molecular formula is C8H10N2O4. The fourth-order valence-electron chi connectivity index (χ4n) is 1.07. The maximum atomic E-state index is 11.2. The van der Waals surface area contributed by atoms with Gasteiger partial charge in [-0.25, -0.2) is 4.79 Å². The summed E-state index contributed by atoms with van der Waals surface area (Å²) >= 11 is 0. The lowest BCUT2D eigenvalue weighted by molar-refractivity contribution is -0.135. The van der Waals surface area contributed by atoms with Gasteiger partial charge in [0.25, 0.3) is 0 Å². The lowest BCUT2D eigenvalue weighted by Crippen LogP contribution is -2.49. The topological polar surface area (TPSA) is 86.7 Å². The Morgan fingerprint density at radius 3 is 2.71 bits per heavy atom. The van der Waals surface area contributed by atoms with Gasteiger partial charge in [0, 0.05) is 25.2 Å². The van der Waals surface area contributed by atoms with Crippen LogP contribution in [0.1, 0.15) is 0 Å². The van der Waals surface area contributed by atoms with Gasteiger partial charge in [-0.05, 0) is 0 Å². The molecule has 0 aliphatic carbocycles. The summed E-state index contributed by atoms with van der Waals surface area (Å²) in [6, 6.07) is 0. The lowest BCUT2D eigenvalue weighted by Gasteiger charge is -2.25. The van der Waals surface area contributed by atoms with E-state index in [1.165, 1.54) is 4.90 Å². The zero-order valence-corrected chi connectivity index (χ0v) is 7.40. The Labute approximate surface area is 80.2 Å². The smallest absolute Gasteiger partial charge is 0.328 e. The van der Waals surface area contributed by atoms with Crippen molar-refractivity contribution in [3.8, 4) is 0 Å². The Morgan fingerprint density at radius 1 is 1.43 bits per heavy atom. The molecule has 1 saturated heterocycles. The molecule has 14 heavy (non-hydrogen) atoms. The molecule has 0 saturated carbocycles. The second-order valence-electron chi connectivity index (χ2n) is 2.78. The third-order valence-electron chi connectivity index (χ3n) is 1.72. The largest absolute Gasteiger partial charge is 0.478 e. The summed E-state index contributed by atoms with van der Waals surface area (Å²) in [6.45, 7) is 0.808. The number of rotatable bonds is 2. The number of nitrogens with one attached hydrogen (secondary N) is 1. The molecule has 1 fully saturated rings. The second kappa shape index (κ2) is 4.40. The van der Waals surface area contributed by atoms with E-state index in [4.69, 9.17) is 5.11 Å². The average molecular weight is 198 g/mol. The summed E-state index contributed by atoms with van der Waals surface area (Å²) in [5, 5.41) is 10.8. The summed E-state index contributed by atoms with van der Waals surface area (Å²) < 4.78 is 0. The van der Waals surface area contributed by atoms with Crippen LogP contribution in [0.15, 0.2) is 12.2 Å². The number of hydrogen-bond acceptors (Lipinski definition) is 3. The number of carbonyl (C=O) groups excluding carboxylic acids is 2. The molecule has 1 heterocycles.